The summed E-state index contributed by atoms with van der Waals surface area (Å²) in [5, 5.41) is 31.6. The third kappa shape index (κ3) is 3.33. The minimum Gasteiger partial charge on any atom is -0.319 e. The van der Waals surface area contributed by atoms with Crippen molar-refractivity contribution >= 4 is 11.9 Å². The Hall–Kier alpha value is -3.79. The first-order valence-corrected chi connectivity index (χ1v) is 8.24. The number of nitrogens with zero attached hydrogens (tertiary/aromatic N) is 7. The topological polar surface area (TPSA) is 141 Å². The number of aromatic nitrogens is 4. The summed E-state index contributed by atoms with van der Waals surface area (Å²) in [5.74, 6) is -1.03. The van der Waals surface area contributed by atoms with Crippen molar-refractivity contribution in [3.05, 3.63) is 36.2 Å². The monoisotopic (exact) mass is 364 g/mol. The zero-order chi connectivity index (χ0) is 19.4. The van der Waals surface area contributed by atoms with E-state index in [0.29, 0.717) is 17.7 Å². The highest BCUT2D eigenvalue weighted by atomic mass is 16.2. The Morgan fingerprint density at radius 3 is 2.81 bits per heavy atom. The number of rotatable bonds is 6. The Morgan fingerprint density at radius 2 is 2.15 bits per heavy atom. The van der Waals surface area contributed by atoms with Gasteiger partial charge in [-0.1, -0.05) is 12.1 Å². The van der Waals surface area contributed by atoms with Gasteiger partial charge in [-0.05, 0) is 41.5 Å². The molecule has 1 aromatic carbocycles. The molecule has 136 valence electrons. The van der Waals surface area contributed by atoms with Gasteiger partial charge in [-0.2, -0.15) is 10.5 Å². The first-order chi connectivity index (χ1) is 13.0. The van der Waals surface area contributed by atoms with Crippen molar-refractivity contribution in [1.29, 1.82) is 10.5 Å². The normalized spacial score (nSPS) is 20.0. The van der Waals surface area contributed by atoms with Gasteiger partial charge in [-0.25, -0.2) is 9.48 Å². The summed E-state index contributed by atoms with van der Waals surface area (Å²) in [6, 6.07) is 10.4. The molecule has 27 heavy (non-hydrogen) atoms. The molecule has 2 aromatic rings. The SMILES string of the molecule is C[C@@]1(c2cccc(-n3cnnn3)c2)NC(=O)N(C[C@H](C#N)CCC#N)C1=O. The van der Waals surface area contributed by atoms with Crippen molar-refractivity contribution in [2.45, 2.75) is 25.3 Å². The van der Waals surface area contributed by atoms with Crippen molar-refractivity contribution in [2.24, 2.45) is 5.92 Å². The molecule has 1 aliphatic rings. The molecule has 1 fully saturated rings. The van der Waals surface area contributed by atoms with Gasteiger partial charge in [0.05, 0.1) is 23.7 Å². The van der Waals surface area contributed by atoms with Crippen LogP contribution in [0.1, 0.15) is 25.3 Å². The van der Waals surface area contributed by atoms with Gasteiger partial charge < -0.3 is 5.32 Å². The van der Waals surface area contributed by atoms with Gasteiger partial charge in [0.15, 0.2) is 0 Å². The Balaban J connectivity index is 1.86. The molecule has 0 bridgehead atoms. The number of carbonyl (C=O) groups is 2. The van der Waals surface area contributed by atoms with Crippen LogP contribution < -0.4 is 5.32 Å². The number of nitrogens with one attached hydrogen (secondary N) is 1. The quantitative estimate of drug-likeness (QED) is 0.750. The van der Waals surface area contributed by atoms with Crippen LogP contribution in [0.5, 0.6) is 0 Å². The molecule has 0 unspecified atom stereocenters. The molecule has 0 aliphatic carbocycles. The fraction of sp³-hybridized carbons (Fsp3) is 0.353. The number of urea groups is 1. The molecule has 10 heteroatoms. The summed E-state index contributed by atoms with van der Waals surface area (Å²) in [4.78, 5) is 26.4. The second kappa shape index (κ2) is 7.22. The molecule has 1 N–H and O–H groups in total. The van der Waals surface area contributed by atoms with E-state index in [1.54, 1.807) is 31.2 Å². The van der Waals surface area contributed by atoms with Gasteiger partial charge in [-0.15, -0.1) is 5.10 Å². The first-order valence-electron chi connectivity index (χ1n) is 8.24. The number of hydrogen-bond donors (Lipinski definition) is 1. The van der Waals surface area contributed by atoms with E-state index in [1.165, 1.54) is 11.0 Å². The fourth-order valence-corrected chi connectivity index (χ4v) is 2.95. The third-order valence-electron chi connectivity index (χ3n) is 4.50. The molecule has 0 spiro atoms. The molecule has 3 amide bonds. The minimum atomic E-state index is -1.27. The lowest BCUT2D eigenvalue weighted by Crippen LogP contribution is -2.41. The van der Waals surface area contributed by atoms with Crippen LogP contribution in [0.2, 0.25) is 0 Å². The summed E-state index contributed by atoms with van der Waals surface area (Å²) in [6.45, 7) is 1.56. The molecule has 1 aromatic heterocycles. The molecule has 2 atom stereocenters. The maximum Gasteiger partial charge on any atom is 0.325 e. The zero-order valence-corrected chi connectivity index (χ0v) is 14.5. The van der Waals surface area contributed by atoms with Crippen molar-refractivity contribution in [2.75, 3.05) is 6.54 Å². The van der Waals surface area contributed by atoms with Crippen LogP contribution in [0, 0.1) is 28.6 Å². The van der Waals surface area contributed by atoms with Gasteiger partial charge in [0.1, 0.15) is 11.9 Å². The Kier molecular flexibility index (Phi) is 4.81. The van der Waals surface area contributed by atoms with E-state index in [0.717, 1.165) is 4.90 Å². The number of amides is 3. The number of hydrogen-bond acceptors (Lipinski definition) is 7. The summed E-state index contributed by atoms with van der Waals surface area (Å²) in [6.07, 6.45) is 1.91. The lowest BCUT2D eigenvalue weighted by atomic mass is 9.91. The van der Waals surface area contributed by atoms with Crippen molar-refractivity contribution in [3.8, 4) is 17.8 Å². The number of benzene rings is 1. The van der Waals surface area contributed by atoms with E-state index in [2.05, 4.69) is 20.8 Å². The van der Waals surface area contributed by atoms with E-state index in [1.807, 2.05) is 12.1 Å². The van der Waals surface area contributed by atoms with Crippen molar-refractivity contribution in [1.82, 2.24) is 30.4 Å². The number of imide groups is 1. The minimum absolute atomic E-state index is 0.0505. The van der Waals surface area contributed by atoms with Crippen LogP contribution in [0.4, 0.5) is 4.79 Å². The van der Waals surface area contributed by atoms with Crippen molar-refractivity contribution < 1.29 is 9.59 Å². The van der Waals surface area contributed by atoms with Crippen LogP contribution in [0.25, 0.3) is 5.69 Å². The fourth-order valence-electron chi connectivity index (χ4n) is 2.95. The summed E-state index contributed by atoms with van der Waals surface area (Å²) in [7, 11) is 0. The van der Waals surface area contributed by atoms with Gasteiger partial charge in [0, 0.05) is 13.0 Å². The highest BCUT2D eigenvalue weighted by molar-refractivity contribution is 6.07. The molecule has 1 aliphatic heterocycles. The standard InChI is InChI=1S/C17H16N8O2/c1-17(13-5-2-6-14(8-13)25-11-20-22-23-25)15(26)24(16(27)21-17)10-12(9-19)4-3-7-18/h2,5-6,8,11-12H,3-4,10H2,1H3,(H,21,27)/t12-,17-/m0/s1. The molecule has 0 saturated carbocycles. The second-order valence-electron chi connectivity index (χ2n) is 6.30. The Labute approximate surface area is 155 Å². The Bertz CT molecular complexity index is 943. The summed E-state index contributed by atoms with van der Waals surface area (Å²) < 4.78 is 1.44. The molecule has 3 rings (SSSR count). The maximum atomic E-state index is 13.0. The van der Waals surface area contributed by atoms with E-state index in [-0.39, 0.29) is 13.0 Å². The van der Waals surface area contributed by atoms with E-state index in [9.17, 15) is 14.9 Å². The largest absolute Gasteiger partial charge is 0.325 e. The van der Waals surface area contributed by atoms with Gasteiger partial charge in [0.2, 0.25) is 0 Å². The predicted molar refractivity (Wildman–Crippen MR) is 90.7 cm³/mol. The van der Waals surface area contributed by atoms with E-state index < -0.39 is 23.4 Å². The van der Waals surface area contributed by atoms with Gasteiger partial charge in [0.25, 0.3) is 5.91 Å². The van der Waals surface area contributed by atoms with Gasteiger partial charge >= 0.3 is 6.03 Å². The third-order valence-corrected chi connectivity index (χ3v) is 4.50. The molecular formula is C17H16N8O2. The van der Waals surface area contributed by atoms with E-state index >= 15 is 0 Å². The van der Waals surface area contributed by atoms with Crippen LogP contribution in [0.15, 0.2) is 30.6 Å². The van der Waals surface area contributed by atoms with E-state index in [4.69, 9.17) is 5.26 Å². The molecule has 10 nitrogen and oxygen atoms in total. The number of tetrazole rings is 1. The van der Waals surface area contributed by atoms with Crippen LogP contribution in [0.3, 0.4) is 0 Å². The van der Waals surface area contributed by atoms with Crippen LogP contribution in [-0.2, 0) is 10.3 Å². The first kappa shape index (κ1) is 18.0. The Morgan fingerprint density at radius 1 is 1.33 bits per heavy atom. The number of carbonyl (C=O) groups excluding carboxylic acids is 2. The summed E-state index contributed by atoms with van der Waals surface area (Å²) >= 11 is 0. The van der Waals surface area contributed by atoms with Gasteiger partial charge in [-0.3, -0.25) is 9.69 Å². The predicted octanol–water partition coefficient (Wildman–Crippen LogP) is 0.873. The van der Waals surface area contributed by atoms with Crippen molar-refractivity contribution in [3.63, 3.8) is 0 Å². The zero-order valence-electron chi connectivity index (χ0n) is 14.5. The highest BCUT2D eigenvalue weighted by Gasteiger charge is 2.49. The summed E-state index contributed by atoms with van der Waals surface area (Å²) in [5.41, 5.74) is -0.0545. The molecule has 2 heterocycles. The van der Waals surface area contributed by atoms with Crippen LogP contribution >= 0.6 is 0 Å². The lowest BCUT2D eigenvalue weighted by Gasteiger charge is -2.23. The maximum absolute atomic E-state index is 13.0. The molecule has 1 saturated heterocycles. The number of nitriles is 2. The highest BCUT2D eigenvalue weighted by Crippen LogP contribution is 2.30. The molecular weight excluding hydrogens is 348 g/mol. The lowest BCUT2D eigenvalue weighted by molar-refractivity contribution is -0.131. The molecule has 0 radical (unpaired) electrons. The smallest absolute Gasteiger partial charge is 0.319 e. The average molecular weight is 364 g/mol. The van der Waals surface area contributed by atoms with Crippen LogP contribution in [-0.4, -0.2) is 43.6 Å². The second-order valence-corrected chi connectivity index (χ2v) is 6.30. The average Bonchev–Trinajstić information content (AvgIpc) is 3.28.